The molecule has 0 saturated carbocycles. The Hall–Kier alpha value is -7.00. The lowest BCUT2D eigenvalue weighted by atomic mass is 10.1. The first-order chi connectivity index (χ1) is 52.2. The molecule has 0 aromatic rings. The highest BCUT2D eigenvalue weighted by atomic mass is 16.6. The molecule has 1 atom stereocenters. The van der Waals surface area contributed by atoms with Crippen molar-refractivity contribution in [3.05, 3.63) is 0 Å². The van der Waals surface area contributed by atoms with Gasteiger partial charge < -0.3 is 69.8 Å². The van der Waals surface area contributed by atoms with Gasteiger partial charge in [0.2, 0.25) is 47.3 Å². The molecule has 0 aromatic carbocycles. The third kappa shape index (κ3) is 60.3. The Balaban J connectivity index is 2.85. The van der Waals surface area contributed by atoms with E-state index in [-0.39, 0.29) is 136 Å². The van der Waals surface area contributed by atoms with Crippen molar-refractivity contribution in [2.45, 2.75) is 228 Å². The molecule has 1 rings (SSSR count). The van der Waals surface area contributed by atoms with E-state index >= 15 is 0 Å². The zero-order valence-corrected chi connectivity index (χ0v) is 69.0. The van der Waals surface area contributed by atoms with Crippen molar-refractivity contribution in [3.63, 3.8) is 0 Å². The van der Waals surface area contributed by atoms with Crippen molar-refractivity contribution < 1.29 is 111 Å². The number of alkyl carbamates (subject to hydrolysis) is 1. The van der Waals surface area contributed by atoms with E-state index in [0.717, 1.165) is 0 Å². The van der Waals surface area contributed by atoms with Gasteiger partial charge in [-0.15, -0.1) is 0 Å². The molecule has 642 valence electrons. The number of esters is 3. The molecule has 9 N–H and O–H groups in total. The number of hydroxylamine groups is 6. The molecular weight excluding hydrogens is 1450 g/mol. The smallest absolute Gasteiger partial charge is 0.407 e. The predicted molar refractivity (Wildman–Crippen MR) is 409 cm³/mol. The first-order valence-corrected chi connectivity index (χ1v) is 39.3. The number of rotatable bonds is 54. The highest BCUT2D eigenvalue weighted by molar-refractivity contribution is 5.88. The third-order valence-electron chi connectivity index (χ3n) is 16.2. The predicted octanol–water partition coefficient (Wildman–Crippen LogP) is 3.08. The minimum Gasteiger partial charge on any atom is -0.459 e. The third-order valence-corrected chi connectivity index (χ3v) is 16.2. The number of amides is 9. The van der Waals surface area contributed by atoms with Gasteiger partial charge in [-0.25, -0.2) is 20.0 Å². The van der Waals surface area contributed by atoms with Gasteiger partial charge in [0.25, 0.3) is 0 Å². The van der Waals surface area contributed by atoms with E-state index in [1.165, 1.54) is 6.92 Å². The quantitative estimate of drug-likeness (QED) is 0.0139. The van der Waals surface area contributed by atoms with Gasteiger partial charge in [-0.1, -0.05) is 0 Å². The maximum Gasteiger partial charge on any atom is 0.407 e. The van der Waals surface area contributed by atoms with E-state index in [0.29, 0.717) is 184 Å². The number of carbonyl (C=O) groups is 12. The second-order valence-electron chi connectivity index (χ2n) is 31.3. The van der Waals surface area contributed by atoms with Crippen LogP contribution in [0.1, 0.15) is 199 Å². The van der Waals surface area contributed by atoms with Crippen LogP contribution < -0.4 is 31.9 Å². The molecule has 0 unspecified atom stereocenters. The van der Waals surface area contributed by atoms with E-state index in [4.69, 9.17) is 37.9 Å². The monoisotopic (exact) mass is 1590 g/mol. The largest absolute Gasteiger partial charge is 0.459 e. The van der Waals surface area contributed by atoms with Crippen LogP contribution in [-0.2, 0) is 90.6 Å². The molecule has 111 heavy (non-hydrogen) atoms. The first-order valence-electron chi connectivity index (χ1n) is 39.3. The van der Waals surface area contributed by atoms with Crippen LogP contribution in [0.15, 0.2) is 0 Å². The van der Waals surface area contributed by atoms with Gasteiger partial charge in [0.15, 0.2) is 0 Å². The standard InChI is InChI=1S/C75H139N13O23/c1-59(89)86(101)36-22-14-18-31-76-61(90)26-28-65(94)87(102)37-23-15-19-32-77-62(91)27-29-66(95)88(103)38-24-16-20-34-79-70(99)60(81-63(92)30-47-104-49-51-106-53-54-107-52-50-105-48-35-80-71(100)111-75(11,12)13)25-17-21-33-78-64(93)55-82-39-41-83(56-67(96)108-72(2,3)4)43-45-85(58-69(98)110-74(8,9)10)46-44-84(42-40-82)57-68(97)109-73(5,6)7/h60,101-103H,14-58H2,1-13H3,(H,76,90)(H,77,91)(H,78,93)(H,79,99)(H,80,100)(H,81,92)/t60-/m0/s1. The minimum atomic E-state index is -0.942. The molecule has 1 saturated heterocycles. The van der Waals surface area contributed by atoms with Crippen LogP contribution >= 0.6 is 0 Å². The molecule has 0 aliphatic carbocycles. The van der Waals surface area contributed by atoms with Crippen LogP contribution in [0, 0.1) is 0 Å². The van der Waals surface area contributed by atoms with E-state index in [9.17, 15) is 73.2 Å². The lowest BCUT2D eigenvalue weighted by Crippen LogP contribution is -2.50. The fourth-order valence-electron chi connectivity index (χ4n) is 10.6. The highest BCUT2D eigenvalue weighted by Crippen LogP contribution is 2.14. The summed E-state index contributed by atoms with van der Waals surface area (Å²) in [6, 6.07) is -0.942. The van der Waals surface area contributed by atoms with E-state index in [1.807, 2.05) is 19.6 Å². The topological polar surface area (TPSA) is 434 Å². The Kier molecular flexibility index (Phi) is 53.2. The van der Waals surface area contributed by atoms with Gasteiger partial charge in [-0.2, -0.15) is 0 Å². The van der Waals surface area contributed by atoms with Crippen LogP contribution in [0.3, 0.4) is 0 Å². The summed E-state index contributed by atoms with van der Waals surface area (Å²) in [6.45, 7) is 29.2. The molecule has 0 bridgehead atoms. The van der Waals surface area contributed by atoms with Gasteiger partial charge in [0.05, 0.1) is 79.0 Å². The molecule has 0 spiro atoms. The van der Waals surface area contributed by atoms with Crippen molar-refractivity contribution in [1.29, 1.82) is 0 Å². The van der Waals surface area contributed by atoms with Crippen LogP contribution in [-0.4, -0.2) is 334 Å². The van der Waals surface area contributed by atoms with Crippen LogP contribution in [0.2, 0.25) is 0 Å². The lowest BCUT2D eigenvalue weighted by Gasteiger charge is -2.34. The highest BCUT2D eigenvalue weighted by Gasteiger charge is 2.28. The second kappa shape index (κ2) is 57.9. The maximum absolute atomic E-state index is 13.8. The molecule has 1 fully saturated rings. The number of ether oxygens (including phenoxy) is 8. The van der Waals surface area contributed by atoms with E-state index < -0.39 is 87.9 Å². The van der Waals surface area contributed by atoms with Crippen LogP contribution in [0.25, 0.3) is 0 Å². The van der Waals surface area contributed by atoms with E-state index in [1.54, 1.807) is 83.1 Å². The summed E-state index contributed by atoms with van der Waals surface area (Å²) in [7, 11) is 0. The molecule has 1 aliphatic rings. The van der Waals surface area contributed by atoms with Crippen molar-refractivity contribution in [2.24, 2.45) is 0 Å². The summed E-state index contributed by atoms with van der Waals surface area (Å²) >= 11 is 0. The van der Waals surface area contributed by atoms with Crippen molar-refractivity contribution in [3.8, 4) is 0 Å². The zero-order valence-electron chi connectivity index (χ0n) is 69.0. The van der Waals surface area contributed by atoms with Crippen molar-refractivity contribution >= 4 is 71.3 Å². The molecular formula is C75H139N13O23. The summed E-state index contributed by atoms with van der Waals surface area (Å²) in [5, 5.41) is 48.5. The van der Waals surface area contributed by atoms with Gasteiger partial charge in [0.1, 0.15) is 28.4 Å². The number of hydrogen-bond acceptors (Lipinski definition) is 27. The first kappa shape index (κ1) is 102. The van der Waals surface area contributed by atoms with E-state index in [2.05, 4.69) is 31.9 Å². The number of nitrogens with one attached hydrogen (secondary N) is 6. The molecule has 0 radical (unpaired) electrons. The van der Waals surface area contributed by atoms with Gasteiger partial charge in [-0.3, -0.25) is 88.0 Å². The van der Waals surface area contributed by atoms with Crippen LogP contribution in [0.5, 0.6) is 0 Å². The normalized spacial score (nSPS) is 14.1. The molecule has 36 heteroatoms. The van der Waals surface area contributed by atoms with Gasteiger partial charge in [0, 0.05) is 144 Å². The Bertz CT molecular complexity index is 2680. The van der Waals surface area contributed by atoms with Crippen molar-refractivity contribution in [2.75, 3.05) is 184 Å². The number of carbonyl (C=O) groups excluding carboxylic acids is 12. The summed E-state index contributed by atoms with van der Waals surface area (Å²) in [5.74, 6) is -4.81. The fourth-order valence-corrected chi connectivity index (χ4v) is 10.6. The molecule has 9 amide bonds. The molecule has 1 heterocycles. The molecule has 0 aromatic heterocycles. The Morgan fingerprint density at radius 2 is 0.676 bits per heavy atom. The Morgan fingerprint density at radius 3 is 1.05 bits per heavy atom. The number of unbranched alkanes of at least 4 members (excludes halogenated alkanes) is 7. The Morgan fingerprint density at radius 1 is 0.342 bits per heavy atom. The average molecular weight is 1590 g/mol. The Labute approximate surface area is 657 Å². The summed E-state index contributed by atoms with van der Waals surface area (Å²) in [5.41, 5.74) is -2.76. The second-order valence-corrected chi connectivity index (χ2v) is 31.3. The minimum absolute atomic E-state index is 0.0144. The fraction of sp³-hybridized carbons (Fsp3) is 0.840. The SMILES string of the molecule is CC(=O)N(O)CCCCCNC(=O)CCC(=O)N(O)CCCCCNC(=O)CCC(=O)N(O)CCCCCNC(=O)[C@H](CCCCNC(=O)CN1CCN(CC(=O)OC(C)(C)C)CCN(CC(=O)OC(C)(C)C)CCN(CC(=O)OC(C)(C)C)CC1)NC(=O)CCOCCOCCOCCOCCNC(=O)OC(C)(C)C. The summed E-state index contributed by atoms with van der Waals surface area (Å²) in [6.07, 6.45) is 4.59. The summed E-state index contributed by atoms with van der Waals surface area (Å²) < 4.78 is 44.4. The van der Waals surface area contributed by atoms with Gasteiger partial charge >= 0.3 is 24.0 Å². The number of hydrogen-bond donors (Lipinski definition) is 9. The van der Waals surface area contributed by atoms with Crippen LogP contribution in [0.4, 0.5) is 4.79 Å². The zero-order chi connectivity index (χ0) is 83.3. The molecule has 36 nitrogen and oxygen atoms in total. The number of nitrogens with zero attached hydrogens (tertiary/aromatic N) is 7. The lowest BCUT2D eigenvalue weighted by molar-refractivity contribution is -0.166. The van der Waals surface area contributed by atoms with Crippen molar-refractivity contribution in [1.82, 2.24) is 66.7 Å². The average Bonchev–Trinajstić information content (AvgIpc) is 0.878. The molecule has 1 aliphatic heterocycles. The maximum atomic E-state index is 13.8. The summed E-state index contributed by atoms with van der Waals surface area (Å²) in [4.78, 5) is 161. The van der Waals surface area contributed by atoms with Gasteiger partial charge in [-0.05, 0) is 160 Å².